The first-order valence-corrected chi connectivity index (χ1v) is 4.82. The number of hydrogen-bond acceptors (Lipinski definition) is 3. The first-order chi connectivity index (χ1) is 5.81. The summed E-state index contributed by atoms with van der Waals surface area (Å²) in [6, 6.07) is -0.628. The van der Waals surface area contributed by atoms with Gasteiger partial charge in [-0.2, -0.15) is 0 Å². The number of rotatable bonds is 2. The zero-order valence-corrected chi connectivity index (χ0v) is 8.72. The third-order valence-electron chi connectivity index (χ3n) is 1.55. The maximum absolute atomic E-state index is 11.1. The summed E-state index contributed by atoms with van der Waals surface area (Å²) < 4.78 is 1.23. The van der Waals surface area contributed by atoms with E-state index in [1.807, 2.05) is 20.8 Å². The molecule has 13 heavy (non-hydrogen) atoms. The first kappa shape index (κ1) is 10.4. The van der Waals surface area contributed by atoms with E-state index in [-0.39, 0.29) is 17.1 Å². The van der Waals surface area contributed by atoms with Gasteiger partial charge in [-0.3, -0.25) is 9.10 Å². The van der Waals surface area contributed by atoms with Gasteiger partial charge in [-0.15, -0.1) is 0 Å². The Labute approximate surface area is 81.4 Å². The molecule has 0 aromatic carbocycles. The number of hydrogen-bond donors (Lipinski definition) is 1. The molecule has 0 aromatic rings. The fourth-order valence-electron chi connectivity index (χ4n) is 0.997. The smallest absolute Gasteiger partial charge is 0.328 e. The second kappa shape index (κ2) is 3.21. The molecular formula is C8H13NO3S. The van der Waals surface area contributed by atoms with Crippen LogP contribution in [0.4, 0.5) is 0 Å². The van der Waals surface area contributed by atoms with Crippen LogP contribution in [-0.2, 0) is 9.59 Å². The highest BCUT2D eigenvalue weighted by Crippen LogP contribution is 2.36. The molecule has 0 spiro atoms. The van der Waals surface area contributed by atoms with Crippen molar-refractivity contribution in [3.05, 3.63) is 0 Å². The molecule has 1 rings (SSSR count). The molecule has 5 heteroatoms. The van der Waals surface area contributed by atoms with Crippen molar-refractivity contribution in [3.63, 3.8) is 0 Å². The van der Waals surface area contributed by atoms with Crippen LogP contribution in [0.5, 0.6) is 0 Å². The molecule has 0 saturated carbocycles. The zero-order chi connectivity index (χ0) is 10.2. The van der Waals surface area contributed by atoms with Gasteiger partial charge in [0.2, 0.25) is 5.91 Å². The van der Waals surface area contributed by atoms with Gasteiger partial charge >= 0.3 is 5.97 Å². The van der Waals surface area contributed by atoms with E-state index in [1.54, 1.807) is 0 Å². The van der Waals surface area contributed by atoms with E-state index in [2.05, 4.69) is 0 Å². The van der Waals surface area contributed by atoms with Gasteiger partial charge < -0.3 is 5.11 Å². The quantitative estimate of drug-likeness (QED) is 0.539. The highest BCUT2D eigenvalue weighted by Gasteiger charge is 2.43. The number of aliphatic carboxylic acids is 1. The van der Waals surface area contributed by atoms with Crippen LogP contribution in [0.3, 0.4) is 0 Å². The Morgan fingerprint density at radius 1 is 1.62 bits per heavy atom. The Balaban J connectivity index is 2.58. The molecular weight excluding hydrogens is 190 g/mol. The van der Waals surface area contributed by atoms with E-state index in [4.69, 9.17) is 5.11 Å². The van der Waals surface area contributed by atoms with Gasteiger partial charge in [0, 0.05) is 4.75 Å². The Morgan fingerprint density at radius 3 is 2.46 bits per heavy atom. The van der Waals surface area contributed by atoms with E-state index in [9.17, 15) is 9.59 Å². The van der Waals surface area contributed by atoms with Gasteiger partial charge in [0.25, 0.3) is 0 Å². The number of carbonyl (C=O) groups is 2. The molecule has 0 radical (unpaired) electrons. The van der Waals surface area contributed by atoms with E-state index in [0.717, 1.165) is 0 Å². The summed E-state index contributed by atoms with van der Waals surface area (Å²) >= 11 is 1.29. The van der Waals surface area contributed by atoms with Gasteiger partial charge in [0.05, 0.1) is 6.42 Å². The highest BCUT2D eigenvalue weighted by atomic mass is 32.2. The van der Waals surface area contributed by atoms with Gasteiger partial charge in [-0.05, 0) is 32.7 Å². The molecule has 1 atom stereocenters. The minimum Gasteiger partial charge on any atom is -0.480 e. The largest absolute Gasteiger partial charge is 0.480 e. The maximum atomic E-state index is 11.1. The lowest BCUT2D eigenvalue weighted by Gasteiger charge is -2.39. The predicted molar refractivity (Wildman–Crippen MR) is 50.2 cm³/mol. The van der Waals surface area contributed by atoms with E-state index < -0.39 is 12.0 Å². The summed E-state index contributed by atoms with van der Waals surface area (Å²) in [6.07, 6.45) is 0.137. The molecule has 1 fully saturated rings. The van der Waals surface area contributed by atoms with Crippen molar-refractivity contribution >= 4 is 23.8 Å². The Morgan fingerprint density at radius 2 is 2.15 bits per heavy atom. The summed E-state index contributed by atoms with van der Waals surface area (Å²) in [7, 11) is 0. The molecule has 74 valence electrons. The Kier molecular flexibility index (Phi) is 2.56. The summed E-state index contributed by atoms with van der Waals surface area (Å²) in [5.41, 5.74) is 0. The molecule has 0 aromatic heterocycles. The number of nitrogens with zero attached hydrogens (tertiary/aromatic N) is 1. The van der Waals surface area contributed by atoms with Crippen LogP contribution in [0.2, 0.25) is 0 Å². The topological polar surface area (TPSA) is 57.6 Å². The average Bonchev–Trinajstić information content (AvgIpc) is 1.93. The van der Waals surface area contributed by atoms with Crippen molar-refractivity contribution in [1.29, 1.82) is 0 Å². The van der Waals surface area contributed by atoms with Crippen LogP contribution in [-0.4, -0.2) is 32.1 Å². The lowest BCUT2D eigenvalue weighted by atomic mass is 10.1. The van der Waals surface area contributed by atoms with Crippen molar-refractivity contribution in [2.45, 2.75) is 38.0 Å². The number of β-lactam (4-membered cyclic amide) rings is 1. The third-order valence-corrected chi connectivity index (χ3v) is 2.76. The molecule has 1 aliphatic heterocycles. The van der Waals surface area contributed by atoms with Gasteiger partial charge in [0.15, 0.2) is 0 Å². The lowest BCUT2D eigenvalue weighted by Crippen LogP contribution is -2.53. The number of carbonyl (C=O) groups excluding carboxylic acids is 1. The Hall–Kier alpha value is -0.710. The molecule has 0 unspecified atom stereocenters. The summed E-state index contributed by atoms with van der Waals surface area (Å²) in [6.45, 7) is 5.84. The van der Waals surface area contributed by atoms with Gasteiger partial charge in [0.1, 0.15) is 6.04 Å². The van der Waals surface area contributed by atoms with Crippen molar-refractivity contribution < 1.29 is 14.7 Å². The van der Waals surface area contributed by atoms with Crippen molar-refractivity contribution in [3.8, 4) is 0 Å². The van der Waals surface area contributed by atoms with E-state index in [1.165, 1.54) is 16.3 Å². The fraction of sp³-hybridized carbons (Fsp3) is 0.750. The number of carboxylic acids is 1. The van der Waals surface area contributed by atoms with Gasteiger partial charge in [-0.25, -0.2) is 4.79 Å². The van der Waals surface area contributed by atoms with Crippen LogP contribution in [0.1, 0.15) is 27.2 Å². The molecule has 1 amide bonds. The van der Waals surface area contributed by atoms with Crippen LogP contribution in [0, 0.1) is 0 Å². The van der Waals surface area contributed by atoms with Crippen molar-refractivity contribution in [1.82, 2.24) is 4.31 Å². The monoisotopic (exact) mass is 203 g/mol. The summed E-state index contributed by atoms with van der Waals surface area (Å²) in [5, 5.41) is 8.71. The number of carboxylic acid groups (broad SMARTS) is 1. The van der Waals surface area contributed by atoms with Crippen LogP contribution < -0.4 is 0 Å². The van der Waals surface area contributed by atoms with E-state index >= 15 is 0 Å². The number of amides is 1. The van der Waals surface area contributed by atoms with Crippen LogP contribution in [0.25, 0.3) is 0 Å². The summed E-state index contributed by atoms with van der Waals surface area (Å²) in [5.74, 6) is -1.01. The molecule has 1 N–H and O–H groups in total. The second-order valence-corrected chi connectivity index (χ2v) is 5.78. The van der Waals surface area contributed by atoms with Crippen molar-refractivity contribution in [2.75, 3.05) is 0 Å². The van der Waals surface area contributed by atoms with Crippen molar-refractivity contribution in [2.24, 2.45) is 0 Å². The average molecular weight is 203 g/mol. The molecule has 0 aliphatic carbocycles. The zero-order valence-electron chi connectivity index (χ0n) is 7.90. The molecule has 1 saturated heterocycles. The molecule has 4 nitrogen and oxygen atoms in total. The third kappa shape index (κ3) is 2.37. The lowest BCUT2D eigenvalue weighted by molar-refractivity contribution is -0.154. The minimum absolute atomic E-state index is 0.0904. The van der Waals surface area contributed by atoms with Gasteiger partial charge in [-0.1, -0.05) is 0 Å². The fourth-order valence-corrected chi connectivity index (χ4v) is 2.06. The van der Waals surface area contributed by atoms with Crippen LogP contribution >= 0.6 is 11.9 Å². The van der Waals surface area contributed by atoms with E-state index in [0.29, 0.717) is 0 Å². The summed E-state index contributed by atoms with van der Waals surface area (Å²) in [4.78, 5) is 21.7. The minimum atomic E-state index is -0.920. The predicted octanol–water partition coefficient (Wildman–Crippen LogP) is 1.12. The molecule has 0 bridgehead atoms. The highest BCUT2D eigenvalue weighted by molar-refractivity contribution is 7.98. The normalized spacial score (nSPS) is 22.8. The standard InChI is InChI=1S/C8H13NO3S/c1-8(2,3)13-9-5(7(11)12)4-6(9)10/h5H,4H2,1-3H3,(H,11,12)/t5-/m0/s1. The second-order valence-electron chi connectivity index (χ2n) is 3.98. The maximum Gasteiger partial charge on any atom is 0.328 e. The first-order valence-electron chi connectivity index (χ1n) is 4.05. The van der Waals surface area contributed by atoms with Crippen LogP contribution in [0.15, 0.2) is 0 Å². The Bertz CT molecular complexity index is 246. The molecule has 1 aliphatic rings. The molecule has 1 heterocycles. The SMILES string of the molecule is CC(C)(C)SN1C(=O)C[C@H]1C(=O)O.